The maximum atomic E-state index is 4.91. The summed E-state index contributed by atoms with van der Waals surface area (Å²) < 4.78 is 0. The summed E-state index contributed by atoms with van der Waals surface area (Å²) in [7, 11) is 2.16. The topological polar surface area (TPSA) is 15.6 Å². The molecule has 0 N–H and O–H groups in total. The van der Waals surface area contributed by atoms with Crippen molar-refractivity contribution in [1.29, 1.82) is 0 Å². The lowest BCUT2D eigenvalue weighted by atomic mass is 9.76. The van der Waals surface area contributed by atoms with Gasteiger partial charge in [-0.2, -0.15) is 0 Å². The lowest BCUT2D eigenvalue weighted by Gasteiger charge is -2.43. The molecule has 1 unspecified atom stereocenters. The highest BCUT2D eigenvalue weighted by Gasteiger charge is 2.39. The average molecular weight is 347 g/mol. The molecule has 1 atom stereocenters. The van der Waals surface area contributed by atoms with Gasteiger partial charge in [0.15, 0.2) is 0 Å². The smallest absolute Gasteiger partial charge is 0.0919 e. The van der Waals surface area contributed by atoms with Crippen LogP contribution in [-0.4, -0.2) is 18.3 Å². The second-order valence-electron chi connectivity index (χ2n) is 8.41. The lowest BCUT2D eigenvalue weighted by molar-refractivity contribution is 0.290. The molecule has 26 heavy (non-hydrogen) atoms. The van der Waals surface area contributed by atoms with E-state index in [4.69, 9.17) is 4.99 Å². The van der Waals surface area contributed by atoms with E-state index < -0.39 is 0 Å². The van der Waals surface area contributed by atoms with Crippen molar-refractivity contribution in [3.63, 3.8) is 0 Å². The van der Waals surface area contributed by atoms with E-state index in [1.165, 1.54) is 64.8 Å². The van der Waals surface area contributed by atoms with Gasteiger partial charge >= 0.3 is 0 Å². The van der Waals surface area contributed by atoms with Gasteiger partial charge in [0.05, 0.1) is 17.6 Å². The molecule has 2 aromatic rings. The first-order chi connectivity index (χ1) is 12.4. The predicted molar refractivity (Wildman–Crippen MR) is 111 cm³/mol. The Morgan fingerprint density at radius 3 is 2.50 bits per heavy atom. The molecule has 1 heterocycles. The minimum Gasteiger partial charge on any atom is -0.352 e. The third-order valence-corrected chi connectivity index (χ3v) is 6.79. The van der Waals surface area contributed by atoms with E-state index in [0.717, 1.165) is 0 Å². The van der Waals surface area contributed by atoms with Crippen LogP contribution in [0.2, 0.25) is 0 Å². The molecule has 136 valence electrons. The molecule has 0 amide bonds. The first kappa shape index (κ1) is 17.3. The molecule has 1 fully saturated rings. The zero-order valence-corrected chi connectivity index (χ0v) is 16.8. The van der Waals surface area contributed by atoms with Gasteiger partial charge < -0.3 is 4.90 Å². The average Bonchev–Trinajstić information content (AvgIpc) is 3.15. The van der Waals surface area contributed by atoms with Crippen LogP contribution < -0.4 is 0 Å². The molecular weight excluding hydrogens is 316 g/mol. The van der Waals surface area contributed by atoms with Gasteiger partial charge in [-0.3, -0.25) is 0 Å². The Balaban J connectivity index is 1.95. The maximum absolute atomic E-state index is 4.91. The van der Waals surface area contributed by atoms with Gasteiger partial charge in [0.25, 0.3) is 0 Å². The highest BCUT2D eigenvalue weighted by atomic mass is 15.2. The van der Waals surface area contributed by atoms with Crippen molar-refractivity contribution >= 4 is 12.0 Å². The Morgan fingerprint density at radius 2 is 1.77 bits per heavy atom. The number of fused-ring (bicyclic) bond motifs is 1. The monoisotopic (exact) mass is 346 g/mol. The molecule has 2 nitrogen and oxygen atoms in total. The summed E-state index contributed by atoms with van der Waals surface area (Å²) in [6.07, 6.45) is 7.36. The number of nitrogens with zero attached hydrogens (tertiary/aromatic N) is 2. The fraction of sp³-hybridized carbons (Fsp3) is 0.458. The molecule has 4 rings (SSSR count). The highest BCUT2D eigenvalue weighted by molar-refractivity contribution is 5.74. The fourth-order valence-corrected chi connectivity index (χ4v) is 4.99. The summed E-state index contributed by atoms with van der Waals surface area (Å²) in [5.74, 6) is 0.676. The number of aliphatic imine (C=N–C) groups is 1. The van der Waals surface area contributed by atoms with E-state index in [1.807, 2.05) is 6.34 Å². The van der Waals surface area contributed by atoms with Crippen LogP contribution >= 0.6 is 0 Å². The van der Waals surface area contributed by atoms with E-state index in [9.17, 15) is 0 Å². The van der Waals surface area contributed by atoms with Crippen molar-refractivity contribution in [2.75, 3.05) is 7.05 Å². The van der Waals surface area contributed by atoms with Gasteiger partial charge in [0.2, 0.25) is 0 Å². The first-order valence-electron chi connectivity index (χ1n) is 9.91. The first-order valence-corrected chi connectivity index (χ1v) is 9.91. The third-order valence-electron chi connectivity index (χ3n) is 6.79. The summed E-state index contributed by atoms with van der Waals surface area (Å²) in [4.78, 5) is 7.20. The van der Waals surface area contributed by atoms with Crippen LogP contribution in [0.5, 0.6) is 0 Å². The second-order valence-corrected chi connectivity index (χ2v) is 8.41. The van der Waals surface area contributed by atoms with Gasteiger partial charge in [0.1, 0.15) is 0 Å². The summed E-state index contributed by atoms with van der Waals surface area (Å²) in [6, 6.07) is 11.5. The van der Waals surface area contributed by atoms with Gasteiger partial charge in [-0.1, -0.05) is 48.7 Å². The summed E-state index contributed by atoms with van der Waals surface area (Å²) in [5, 5.41) is 0. The minimum absolute atomic E-state index is 0.188. The van der Waals surface area contributed by atoms with E-state index in [2.05, 4.69) is 70.0 Å². The van der Waals surface area contributed by atoms with Crippen molar-refractivity contribution in [2.24, 2.45) is 4.99 Å². The van der Waals surface area contributed by atoms with Crippen LogP contribution in [0.15, 0.2) is 35.3 Å². The zero-order valence-electron chi connectivity index (χ0n) is 16.8. The second kappa shape index (κ2) is 6.26. The molecule has 0 radical (unpaired) electrons. The quantitative estimate of drug-likeness (QED) is 0.638. The van der Waals surface area contributed by atoms with E-state index in [1.54, 1.807) is 0 Å². The van der Waals surface area contributed by atoms with Crippen LogP contribution in [0.25, 0.3) is 0 Å². The predicted octanol–water partition coefficient (Wildman–Crippen LogP) is 6.14. The molecule has 0 bridgehead atoms. The van der Waals surface area contributed by atoms with E-state index >= 15 is 0 Å². The van der Waals surface area contributed by atoms with Gasteiger partial charge in [-0.15, -0.1) is 0 Å². The molecule has 0 saturated heterocycles. The number of aryl methyl sites for hydroxylation is 2. The van der Waals surface area contributed by atoms with Crippen molar-refractivity contribution in [3.8, 4) is 0 Å². The molecule has 2 aliphatic rings. The largest absolute Gasteiger partial charge is 0.352 e. The summed E-state index contributed by atoms with van der Waals surface area (Å²) >= 11 is 0. The molecule has 2 aromatic carbocycles. The van der Waals surface area contributed by atoms with Crippen LogP contribution in [0.3, 0.4) is 0 Å². The molecule has 0 aromatic heterocycles. The number of hydrogen-bond donors (Lipinski definition) is 0. The Hall–Kier alpha value is -2.09. The molecule has 1 aliphatic heterocycles. The molecule has 1 aliphatic carbocycles. The minimum atomic E-state index is -0.188. The molecule has 2 heteroatoms. The molecule has 1 saturated carbocycles. The van der Waals surface area contributed by atoms with Crippen molar-refractivity contribution in [1.82, 2.24) is 4.90 Å². The Kier molecular flexibility index (Phi) is 4.17. The van der Waals surface area contributed by atoms with E-state index in [0.29, 0.717) is 5.92 Å². The summed E-state index contributed by atoms with van der Waals surface area (Å²) in [6.45, 7) is 9.04. The SMILES string of the molecule is Cc1cc(C)c(C)c(C2(C)c3cccc(C4CCCC4)c3N=CN2C)c1. The number of rotatable bonds is 2. The van der Waals surface area contributed by atoms with Crippen molar-refractivity contribution in [3.05, 3.63) is 63.7 Å². The van der Waals surface area contributed by atoms with Crippen LogP contribution in [0.1, 0.15) is 71.9 Å². The van der Waals surface area contributed by atoms with Crippen LogP contribution in [0.4, 0.5) is 5.69 Å². The van der Waals surface area contributed by atoms with Gasteiger partial charge in [-0.05, 0) is 68.7 Å². The summed E-state index contributed by atoms with van der Waals surface area (Å²) in [5.41, 5.74) is 9.31. The molecular formula is C24H30N2. The lowest BCUT2D eigenvalue weighted by Crippen LogP contribution is -2.44. The normalized spacial score (nSPS) is 22.7. The van der Waals surface area contributed by atoms with Gasteiger partial charge in [-0.25, -0.2) is 4.99 Å². The Morgan fingerprint density at radius 1 is 1.04 bits per heavy atom. The Bertz CT molecular complexity index is 874. The Labute approximate surface area is 158 Å². The number of para-hydroxylation sites is 1. The highest BCUT2D eigenvalue weighted by Crippen LogP contribution is 2.48. The van der Waals surface area contributed by atoms with Crippen molar-refractivity contribution in [2.45, 2.75) is 64.8 Å². The number of benzene rings is 2. The third kappa shape index (κ3) is 2.50. The number of hydrogen-bond acceptors (Lipinski definition) is 2. The van der Waals surface area contributed by atoms with Crippen molar-refractivity contribution < 1.29 is 0 Å². The maximum Gasteiger partial charge on any atom is 0.0919 e. The van der Waals surface area contributed by atoms with Gasteiger partial charge in [0, 0.05) is 12.6 Å². The molecule has 0 spiro atoms. The van der Waals surface area contributed by atoms with Crippen LogP contribution in [0, 0.1) is 20.8 Å². The van der Waals surface area contributed by atoms with E-state index in [-0.39, 0.29) is 5.54 Å². The zero-order chi connectivity index (χ0) is 18.5. The fourth-order valence-electron chi connectivity index (χ4n) is 4.99. The standard InChI is InChI=1S/C24H30N2/c1-16-13-17(2)18(3)22(14-16)24(4)21-12-8-11-20(19-9-6-7-10-19)23(21)25-15-26(24)5/h8,11-15,19H,6-7,9-10H2,1-5H3. The van der Waals surface area contributed by atoms with Crippen LogP contribution in [-0.2, 0) is 5.54 Å².